The van der Waals surface area contributed by atoms with E-state index < -0.39 is 11.7 Å². The predicted molar refractivity (Wildman–Crippen MR) is 107 cm³/mol. The minimum atomic E-state index is -0.603. The quantitative estimate of drug-likeness (QED) is 0.779. The Bertz CT molecular complexity index is 821. The normalized spacial score (nSPS) is 15.2. The van der Waals surface area contributed by atoms with Crippen molar-refractivity contribution in [3.63, 3.8) is 0 Å². The zero-order chi connectivity index (χ0) is 19.9. The molecule has 2 amide bonds. The van der Waals surface area contributed by atoms with Crippen molar-refractivity contribution in [2.24, 2.45) is 0 Å². The van der Waals surface area contributed by atoms with E-state index in [1.807, 2.05) is 24.3 Å². The molecule has 3 rings (SSSR count). The van der Waals surface area contributed by atoms with E-state index >= 15 is 0 Å². The molecule has 2 N–H and O–H groups in total. The molecule has 7 heteroatoms. The average molecular weight is 404 g/mol. The summed E-state index contributed by atoms with van der Waals surface area (Å²) in [7, 11) is 0. The second kappa shape index (κ2) is 9.66. The molecule has 5 nitrogen and oxygen atoms in total. The lowest BCUT2D eigenvalue weighted by Gasteiger charge is -2.32. The highest BCUT2D eigenvalue weighted by Gasteiger charge is 2.21. The third kappa shape index (κ3) is 5.78. The standard InChI is InChI=1S/C21H23ClFN3O2/c22-16-7-5-15(6-8-16)14-26-11-9-17(10-12-26)25-20(27)13-24-21(28)18-3-1-2-4-19(18)23/h1-8,17H,9-14H2,(H,24,28)(H,25,27). The Morgan fingerprint density at radius 2 is 1.75 bits per heavy atom. The van der Waals surface area contributed by atoms with Gasteiger partial charge in [-0.25, -0.2) is 4.39 Å². The van der Waals surface area contributed by atoms with Crippen molar-refractivity contribution in [2.75, 3.05) is 19.6 Å². The van der Waals surface area contributed by atoms with Gasteiger partial charge in [0.25, 0.3) is 5.91 Å². The molecule has 0 bridgehead atoms. The lowest BCUT2D eigenvalue weighted by atomic mass is 10.0. The van der Waals surface area contributed by atoms with Crippen molar-refractivity contribution < 1.29 is 14.0 Å². The summed E-state index contributed by atoms with van der Waals surface area (Å²) in [6.45, 7) is 2.46. The zero-order valence-corrected chi connectivity index (χ0v) is 16.2. The first-order chi connectivity index (χ1) is 13.5. The Labute approximate surface area is 168 Å². The third-order valence-corrected chi connectivity index (χ3v) is 5.05. The second-order valence-electron chi connectivity index (χ2n) is 6.91. The van der Waals surface area contributed by atoms with Crippen molar-refractivity contribution in [3.8, 4) is 0 Å². The molecule has 0 atom stereocenters. The lowest BCUT2D eigenvalue weighted by Crippen LogP contribution is -2.47. The van der Waals surface area contributed by atoms with E-state index in [4.69, 9.17) is 11.6 Å². The van der Waals surface area contributed by atoms with Crippen LogP contribution in [0.25, 0.3) is 0 Å². The molecule has 0 spiro atoms. The van der Waals surface area contributed by atoms with Crippen LogP contribution in [0.1, 0.15) is 28.8 Å². The number of piperidine rings is 1. The maximum Gasteiger partial charge on any atom is 0.254 e. The first-order valence-corrected chi connectivity index (χ1v) is 9.68. The van der Waals surface area contributed by atoms with Crippen LogP contribution in [0.5, 0.6) is 0 Å². The van der Waals surface area contributed by atoms with Gasteiger partial charge in [-0.2, -0.15) is 0 Å². The van der Waals surface area contributed by atoms with Crippen molar-refractivity contribution in [3.05, 3.63) is 70.5 Å². The Balaban J connectivity index is 1.38. The van der Waals surface area contributed by atoms with Crippen molar-refractivity contribution in [1.82, 2.24) is 15.5 Å². The fourth-order valence-corrected chi connectivity index (χ4v) is 3.39. The molecular formula is C21H23ClFN3O2. The summed E-state index contributed by atoms with van der Waals surface area (Å²) in [6.07, 6.45) is 1.70. The highest BCUT2D eigenvalue weighted by molar-refractivity contribution is 6.30. The molecule has 0 unspecified atom stereocenters. The average Bonchev–Trinajstić information content (AvgIpc) is 2.70. The van der Waals surface area contributed by atoms with Gasteiger partial charge >= 0.3 is 0 Å². The van der Waals surface area contributed by atoms with Crippen LogP contribution in [-0.4, -0.2) is 42.4 Å². The van der Waals surface area contributed by atoms with Gasteiger partial charge in [0.2, 0.25) is 5.91 Å². The highest BCUT2D eigenvalue weighted by atomic mass is 35.5. The van der Waals surface area contributed by atoms with E-state index in [1.165, 1.54) is 23.8 Å². The Hall–Kier alpha value is -2.44. The molecule has 1 aliphatic heterocycles. The molecule has 1 fully saturated rings. The van der Waals surface area contributed by atoms with Crippen LogP contribution in [0.4, 0.5) is 4.39 Å². The van der Waals surface area contributed by atoms with E-state index in [9.17, 15) is 14.0 Å². The summed E-state index contributed by atoms with van der Waals surface area (Å²) in [5, 5.41) is 6.13. The van der Waals surface area contributed by atoms with E-state index in [-0.39, 0.29) is 24.1 Å². The maximum atomic E-state index is 13.6. The summed E-state index contributed by atoms with van der Waals surface area (Å²) in [5.74, 6) is -1.46. The highest BCUT2D eigenvalue weighted by Crippen LogP contribution is 2.16. The van der Waals surface area contributed by atoms with Crippen molar-refractivity contribution in [1.29, 1.82) is 0 Å². The van der Waals surface area contributed by atoms with Crippen molar-refractivity contribution >= 4 is 23.4 Å². The topological polar surface area (TPSA) is 61.4 Å². The molecule has 0 aromatic heterocycles. The molecule has 2 aromatic carbocycles. The molecule has 2 aromatic rings. The fraction of sp³-hybridized carbons (Fsp3) is 0.333. The van der Waals surface area contributed by atoms with Gasteiger partial charge in [-0.05, 0) is 42.7 Å². The van der Waals surface area contributed by atoms with Crippen LogP contribution in [0.3, 0.4) is 0 Å². The van der Waals surface area contributed by atoms with E-state index in [2.05, 4.69) is 15.5 Å². The smallest absolute Gasteiger partial charge is 0.254 e. The number of benzene rings is 2. The Kier molecular flexibility index (Phi) is 7.01. The molecule has 1 heterocycles. The third-order valence-electron chi connectivity index (χ3n) is 4.80. The number of nitrogens with one attached hydrogen (secondary N) is 2. The molecule has 28 heavy (non-hydrogen) atoms. The first-order valence-electron chi connectivity index (χ1n) is 9.30. The minimum absolute atomic E-state index is 0.0641. The van der Waals surface area contributed by atoms with Gasteiger partial charge in [-0.3, -0.25) is 14.5 Å². The van der Waals surface area contributed by atoms with Crippen LogP contribution in [0.2, 0.25) is 5.02 Å². The summed E-state index contributed by atoms with van der Waals surface area (Å²) < 4.78 is 13.6. The fourth-order valence-electron chi connectivity index (χ4n) is 3.26. The maximum absolute atomic E-state index is 13.6. The van der Waals surface area contributed by atoms with Gasteiger partial charge in [-0.15, -0.1) is 0 Å². The first kappa shape index (κ1) is 20.3. The number of hydrogen-bond acceptors (Lipinski definition) is 3. The van der Waals surface area contributed by atoms with Crippen LogP contribution in [0.15, 0.2) is 48.5 Å². The van der Waals surface area contributed by atoms with E-state index in [0.29, 0.717) is 0 Å². The number of carbonyl (C=O) groups excluding carboxylic acids is 2. The summed E-state index contributed by atoms with van der Waals surface area (Å²) >= 11 is 5.91. The van der Waals surface area contributed by atoms with E-state index in [1.54, 1.807) is 6.07 Å². The SMILES string of the molecule is O=C(CNC(=O)c1ccccc1F)NC1CCN(Cc2ccc(Cl)cc2)CC1. The minimum Gasteiger partial charge on any atom is -0.352 e. The van der Waals surface area contributed by atoms with Crippen LogP contribution < -0.4 is 10.6 Å². The molecule has 1 aliphatic rings. The van der Waals surface area contributed by atoms with Gasteiger partial charge < -0.3 is 10.6 Å². The van der Waals surface area contributed by atoms with Crippen molar-refractivity contribution in [2.45, 2.75) is 25.4 Å². The molecule has 0 aliphatic carbocycles. The number of carbonyl (C=O) groups is 2. The Morgan fingerprint density at radius 1 is 1.07 bits per heavy atom. The summed E-state index contributed by atoms with van der Waals surface area (Å²) in [6, 6.07) is 13.6. The molecule has 0 saturated carbocycles. The van der Waals surface area contributed by atoms with Crippen LogP contribution in [-0.2, 0) is 11.3 Å². The number of hydrogen-bond donors (Lipinski definition) is 2. The molecule has 148 valence electrons. The molecular weight excluding hydrogens is 381 g/mol. The second-order valence-corrected chi connectivity index (χ2v) is 7.34. The lowest BCUT2D eigenvalue weighted by molar-refractivity contribution is -0.121. The van der Waals surface area contributed by atoms with E-state index in [0.717, 1.165) is 37.5 Å². The van der Waals surface area contributed by atoms with Gasteiger partial charge in [0.05, 0.1) is 12.1 Å². The molecule has 1 saturated heterocycles. The number of amides is 2. The van der Waals surface area contributed by atoms with Gasteiger partial charge in [0.15, 0.2) is 0 Å². The predicted octanol–water partition coefficient (Wildman–Crippen LogP) is 2.99. The number of nitrogens with zero attached hydrogens (tertiary/aromatic N) is 1. The Morgan fingerprint density at radius 3 is 2.43 bits per heavy atom. The van der Waals surface area contributed by atoms with Crippen LogP contribution >= 0.6 is 11.6 Å². The number of likely N-dealkylation sites (tertiary alicyclic amines) is 1. The number of rotatable bonds is 6. The zero-order valence-electron chi connectivity index (χ0n) is 15.5. The monoisotopic (exact) mass is 403 g/mol. The largest absolute Gasteiger partial charge is 0.352 e. The number of halogens is 2. The molecule has 0 radical (unpaired) electrons. The summed E-state index contributed by atoms with van der Waals surface area (Å²) in [5.41, 5.74) is 1.15. The van der Waals surface area contributed by atoms with Gasteiger partial charge in [0, 0.05) is 30.7 Å². The van der Waals surface area contributed by atoms with Gasteiger partial charge in [0.1, 0.15) is 5.82 Å². The van der Waals surface area contributed by atoms with Crippen LogP contribution in [0, 0.1) is 5.82 Å². The van der Waals surface area contributed by atoms with Gasteiger partial charge in [-0.1, -0.05) is 35.9 Å². The summed E-state index contributed by atoms with van der Waals surface area (Å²) in [4.78, 5) is 26.4.